The number of ether oxygens (including phenoxy) is 1. The minimum atomic E-state index is -0.114. The second kappa shape index (κ2) is 6.53. The van der Waals surface area contributed by atoms with E-state index >= 15 is 0 Å². The number of nitrogens with two attached hydrogens (primary N) is 1. The first kappa shape index (κ1) is 15.6. The summed E-state index contributed by atoms with van der Waals surface area (Å²) in [5, 5.41) is 0. The molecule has 25 heavy (non-hydrogen) atoms. The monoisotopic (exact) mass is 348 g/mol. The number of hydrogen-bond donors (Lipinski definition) is 1. The Morgan fingerprint density at radius 3 is 2.04 bits per heavy atom. The van der Waals surface area contributed by atoms with Crippen molar-refractivity contribution in [3.8, 4) is 5.75 Å². The highest BCUT2D eigenvalue weighted by Crippen LogP contribution is 2.47. The molecule has 3 aromatic carbocycles. The molecule has 0 bridgehead atoms. The summed E-state index contributed by atoms with van der Waals surface area (Å²) in [5.74, 6) is 0.507. The smallest absolute Gasteiger partial charge is 0.269 e. The van der Waals surface area contributed by atoms with E-state index in [0.29, 0.717) is 11.4 Å². The van der Waals surface area contributed by atoms with Crippen LogP contribution in [0.15, 0.2) is 82.6 Å². The summed E-state index contributed by atoms with van der Waals surface area (Å²) >= 11 is 1.67. The average Bonchev–Trinajstić information content (AvgIpc) is 2.65. The molecule has 0 spiro atoms. The molecule has 0 unspecified atom stereocenters. The number of nitrogen functional groups attached to an aromatic ring is 1. The molecular formula is C20H16N2O2S. The SMILES string of the molecule is Nc1ccc(OCC(=O)N2c3ccccc3Sc3ccccc32)cc1. The highest BCUT2D eigenvalue weighted by molar-refractivity contribution is 7.99. The molecule has 0 saturated heterocycles. The number of hydrogen-bond acceptors (Lipinski definition) is 4. The lowest BCUT2D eigenvalue weighted by Crippen LogP contribution is -2.32. The van der Waals surface area contributed by atoms with Gasteiger partial charge in [0.1, 0.15) is 5.75 Å². The predicted octanol–water partition coefficient (Wildman–Crippen LogP) is 4.48. The van der Waals surface area contributed by atoms with Crippen LogP contribution in [0.1, 0.15) is 0 Å². The second-order valence-electron chi connectivity index (χ2n) is 5.62. The Kier molecular flexibility index (Phi) is 4.07. The van der Waals surface area contributed by atoms with Crippen LogP contribution in [-0.4, -0.2) is 12.5 Å². The number of nitrogens with zero attached hydrogens (tertiary/aromatic N) is 1. The highest BCUT2D eigenvalue weighted by Gasteiger charge is 2.27. The van der Waals surface area contributed by atoms with Crippen LogP contribution in [0.5, 0.6) is 5.75 Å². The molecule has 0 fully saturated rings. The maximum Gasteiger partial charge on any atom is 0.269 e. The fraction of sp³-hybridized carbons (Fsp3) is 0.0500. The van der Waals surface area contributed by atoms with Gasteiger partial charge in [0, 0.05) is 15.5 Å². The van der Waals surface area contributed by atoms with Crippen molar-refractivity contribution in [3.63, 3.8) is 0 Å². The van der Waals surface area contributed by atoms with E-state index in [1.165, 1.54) is 0 Å². The minimum absolute atomic E-state index is 0.0444. The minimum Gasteiger partial charge on any atom is -0.484 e. The molecule has 0 aliphatic carbocycles. The lowest BCUT2D eigenvalue weighted by atomic mass is 10.2. The summed E-state index contributed by atoms with van der Waals surface area (Å²) in [6.45, 7) is -0.0444. The third-order valence-corrected chi connectivity index (χ3v) is 5.05. The van der Waals surface area contributed by atoms with Gasteiger partial charge in [0.2, 0.25) is 0 Å². The molecule has 5 heteroatoms. The van der Waals surface area contributed by atoms with Gasteiger partial charge in [-0.3, -0.25) is 9.69 Å². The van der Waals surface area contributed by atoms with Gasteiger partial charge in [0.25, 0.3) is 5.91 Å². The molecule has 0 saturated carbocycles. The Bertz CT molecular complexity index is 879. The van der Waals surface area contributed by atoms with Gasteiger partial charge in [-0.15, -0.1) is 0 Å². The molecule has 4 rings (SSSR count). The van der Waals surface area contributed by atoms with Crippen molar-refractivity contribution in [1.82, 2.24) is 0 Å². The first-order chi connectivity index (χ1) is 12.2. The zero-order chi connectivity index (χ0) is 17.2. The van der Waals surface area contributed by atoms with E-state index in [-0.39, 0.29) is 12.5 Å². The van der Waals surface area contributed by atoms with Crippen LogP contribution >= 0.6 is 11.8 Å². The van der Waals surface area contributed by atoms with Crippen molar-refractivity contribution in [1.29, 1.82) is 0 Å². The molecule has 3 aromatic rings. The topological polar surface area (TPSA) is 55.6 Å². The van der Waals surface area contributed by atoms with E-state index in [2.05, 4.69) is 0 Å². The van der Waals surface area contributed by atoms with Crippen molar-refractivity contribution < 1.29 is 9.53 Å². The van der Waals surface area contributed by atoms with Crippen LogP contribution in [0.2, 0.25) is 0 Å². The number of carbonyl (C=O) groups is 1. The van der Waals surface area contributed by atoms with Crippen molar-refractivity contribution >= 4 is 34.7 Å². The first-order valence-corrected chi connectivity index (χ1v) is 8.71. The van der Waals surface area contributed by atoms with Gasteiger partial charge in [-0.2, -0.15) is 0 Å². The number of anilines is 3. The van der Waals surface area contributed by atoms with Crippen LogP contribution < -0.4 is 15.4 Å². The number of rotatable bonds is 3. The summed E-state index contributed by atoms with van der Waals surface area (Å²) in [5.41, 5.74) is 8.11. The molecule has 1 aliphatic heterocycles. The van der Waals surface area contributed by atoms with Gasteiger partial charge in [0.15, 0.2) is 6.61 Å². The summed E-state index contributed by atoms with van der Waals surface area (Å²) in [6, 6.07) is 22.8. The Hall–Kier alpha value is -2.92. The van der Waals surface area contributed by atoms with Gasteiger partial charge >= 0.3 is 0 Å². The number of para-hydroxylation sites is 2. The van der Waals surface area contributed by atoms with Crippen molar-refractivity contribution in [2.24, 2.45) is 0 Å². The van der Waals surface area contributed by atoms with E-state index in [4.69, 9.17) is 10.5 Å². The second-order valence-corrected chi connectivity index (χ2v) is 6.71. The maximum absolute atomic E-state index is 12.9. The van der Waals surface area contributed by atoms with Crippen molar-refractivity contribution in [2.75, 3.05) is 17.2 Å². The van der Waals surface area contributed by atoms with Gasteiger partial charge in [0.05, 0.1) is 11.4 Å². The van der Waals surface area contributed by atoms with Gasteiger partial charge in [-0.25, -0.2) is 0 Å². The quantitative estimate of drug-likeness (QED) is 0.709. The molecule has 1 heterocycles. The Labute approximate surface area is 150 Å². The van der Waals surface area contributed by atoms with Gasteiger partial charge < -0.3 is 10.5 Å². The Morgan fingerprint density at radius 1 is 0.880 bits per heavy atom. The van der Waals surface area contributed by atoms with E-state index < -0.39 is 0 Å². The van der Waals surface area contributed by atoms with Crippen LogP contribution in [0.25, 0.3) is 0 Å². The van der Waals surface area contributed by atoms with Crippen LogP contribution in [-0.2, 0) is 4.79 Å². The number of benzene rings is 3. The van der Waals surface area contributed by atoms with Crippen molar-refractivity contribution in [2.45, 2.75) is 9.79 Å². The van der Waals surface area contributed by atoms with E-state index in [9.17, 15) is 4.79 Å². The van der Waals surface area contributed by atoms with Crippen LogP contribution in [0.4, 0.5) is 17.1 Å². The Balaban J connectivity index is 1.62. The molecule has 124 valence electrons. The molecule has 1 amide bonds. The van der Waals surface area contributed by atoms with Crippen molar-refractivity contribution in [3.05, 3.63) is 72.8 Å². The maximum atomic E-state index is 12.9. The van der Waals surface area contributed by atoms with Gasteiger partial charge in [-0.05, 0) is 48.5 Å². The van der Waals surface area contributed by atoms with Gasteiger partial charge in [-0.1, -0.05) is 36.0 Å². The first-order valence-electron chi connectivity index (χ1n) is 7.89. The molecule has 4 nitrogen and oxygen atoms in total. The third-order valence-electron chi connectivity index (χ3n) is 3.92. The summed E-state index contributed by atoms with van der Waals surface area (Å²) < 4.78 is 5.65. The summed E-state index contributed by atoms with van der Waals surface area (Å²) in [6.07, 6.45) is 0. The van der Waals surface area contributed by atoms with E-state index in [0.717, 1.165) is 21.2 Å². The lowest BCUT2D eigenvalue weighted by Gasteiger charge is -2.30. The number of amides is 1. The normalized spacial score (nSPS) is 12.2. The molecular weight excluding hydrogens is 332 g/mol. The predicted molar refractivity (Wildman–Crippen MR) is 101 cm³/mol. The summed E-state index contributed by atoms with van der Waals surface area (Å²) in [4.78, 5) is 16.8. The van der Waals surface area contributed by atoms with Crippen LogP contribution in [0, 0.1) is 0 Å². The largest absolute Gasteiger partial charge is 0.484 e. The Morgan fingerprint density at radius 2 is 1.44 bits per heavy atom. The van der Waals surface area contributed by atoms with Crippen LogP contribution in [0.3, 0.4) is 0 Å². The fourth-order valence-corrected chi connectivity index (χ4v) is 3.80. The standard InChI is InChI=1S/C20H16N2O2S/c21-14-9-11-15(12-10-14)24-13-20(23)22-16-5-1-3-7-18(16)25-19-8-4-2-6-17(19)22/h1-12H,13,21H2. The summed E-state index contributed by atoms with van der Waals surface area (Å²) in [7, 11) is 0. The number of carbonyl (C=O) groups excluding carboxylic acids is 1. The molecule has 0 atom stereocenters. The van der Waals surface area contributed by atoms with E-state index in [1.54, 1.807) is 40.9 Å². The molecule has 2 N–H and O–H groups in total. The number of fused-ring (bicyclic) bond motifs is 2. The molecule has 1 aliphatic rings. The third kappa shape index (κ3) is 3.06. The zero-order valence-electron chi connectivity index (χ0n) is 13.4. The average molecular weight is 348 g/mol. The van der Waals surface area contributed by atoms with E-state index in [1.807, 2.05) is 48.5 Å². The lowest BCUT2D eigenvalue weighted by molar-refractivity contribution is -0.119. The fourth-order valence-electron chi connectivity index (χ4n) is 2.75. The highest BCUT2D eigenvalue weighted by atomic mass is 32.2. The molecule has 0 aromatic heterocycles. The zero-order valence-corrected chi connectivity index (χ0v) is 14.2. The molecule has 0 radical (unpaired) electrons.